The Morgan fingerprint density at radius 2 is 1.43 bits per heavy atom. The SMILES string of the molecule is CC(C)Oc1ccccc1C(=O)NNC(=O)COc1ccc(-c2ccccc2)cc1. The molecule has 0 heterocycles. The van der Waals surface area contributed by atoms with E-state index in [2.05, 4.69) is 10.9 Å². The molecule has 3 aromatic rings. The molecular weight excluding hydrogens is 380 g/mol. The van der Waals surface area contributed by atoms with Crippen molar-refractivity contribution in [2.75, 3.05) is 6.61 Å². The van der Waals surface area contributed by atoms with Crippen molar-refractivity contribution < 1.29 is 19.1 Å². The summed E-state index contributed by atoms with van der Waals surface area (Å²) < 4.78 is 11.1. The molecule has 2 N–H and O–H groups in total. The zero-order chi connectivity index (χ0) is 21.3. The molecule has 0 aliphatic heterocycles. The lowest BCUT2D eigenvalue weighted by atomic mass is 10.1. The van der Waals surface area contributed by atoms with Gasteiger partial charge in [-0.15, -0.1) is 0 Å². The number of amides is 2. The third-order valence-corrected chi connectivity index (χ3v) is 4.14. The minimum Gasteiger partial charge on any atom is -0.490 e. The van der Waals surface area contributed by atoms with E-state index in [-0.39, 0.29) is 12.7 Å². The fourth-order valence-corrected chi connectivity index (χ4v) is 2.76. The lowest BCUT2D eigenvalue weighted by Crippen LogP contribution is -2.44. The van der Waals surface area contributed by atoms with Crippen molar-refractivity contribution in [3.05, 3.63) is 84.4 Å². The standard InChI is InChI=1S/C24H24N2O4/c1-17(2)30-22-11-7-6-10-21(22)24(28)26-25-23(27)16-29-20-14-12-19(13-15-20)18-8-4-3-5-9-18/h3-15,17H,16H2,1-2H3,(H,25,27)(H,26,28). The molecule has 0 unspecified atom stereocenters. The molecule has 0 aliphatic rings. The minimum absolute atomic E-state index is 0.0739. The predicted octanol–water partition coefficient (Wildman–Crippen LogP) is 3.98. The molecule has 0 bridgehead atoms. The molecule has 3 rings (SSSR count). The lowest BCUT2D eigenvalue weighted by Gasteiger charge is -2.14. The van der Waals surface area contributed by atoms with Gasteiger partial charge in [-0.3, -0.25) is 20.4 Å². The van der Waals surface area contributed by atoms with Crippen LogP contribution in [0.4, 0.5) is 0 Å². The van der Waals surface area contributed by atoms with Gasteiger partial charge in [-0.2, -0.15) is 0 Å². The van der Waals surface area contributed by atoms with E-state index in [1.54, 1.807) is 36.4 Å². The molecule has 0 atom stereocenters. The van der Waals surface area contributed by atoms with Crippen LogP contribution < -0.4 is 20.3 Å². The van der Waals surface area contributed by atoms with Crippen LogP contribution in [0.15, 0.2) is 78.9 Å². The summed E-state index contributed by atoms with van der Waals surface area (Å²) >= 11 is 0. The number of carbonyl (C=O) groups excluding carboxylic acids is 2. The molecule has 6 nitrogen and oxygen atoms in total. The van der Waals surface area contributed by atoms with E-state index in [4.69, 9.17) is 9.47 Å². The first-order valence-corrected chi connectivity index (χ1v) is 9.66. The Balaban J connectivity index is 1.49. The summed E-state index contributed by atoms with van der Waals surface area (Å²) in [6.45, 7) is 3.52. The van der Waals surface area contributed by atoms with Gasteiger partial charge < -0.3 is 9.47 Å². The highest BCUT2D eigenvalue weighted by Gasteiger charge is 2.14. The lowest BCUT2D eigenvalue weighted by molar-refractivity contribution is -0.123. The summed E-state index contributed by atoms with van der Waals surface area (Å²) in [6, 6.07) is 24.3. The molecule has 0 aliphatic carbocycles. The number of rotatable bonds is 7. The summed E-state index contributed by atoms with van der Waals surface area (Å²) in [5.41, 5.74) is 7.23. The first kappa shape index (κ1) is 20.9. The maximum atomic E-state index is 12.4. The number of hydrogen-bond donors (Lipinski definition) is 2. The molecule has 0 spiro atoms. The van der Waals surface area contributed by atoms with Gasteiger partial charge in [0, 0.05) is 0 Å². The number of nitrogens with one attached hydrogen (secondary N) is 2. The van der Waals surface area contributed by atoms with Crippen LogP contribution in [0.1, 0.15) is 24.2 Å². The molecule has 2 amide bonds. The second-order valence-corrected chi connectivity index (χ2v) is 6.84. The highest BCUT2D eigenvalue weighted by Crippen LogP contribution is 2.22. The molecule has 0 fully saturated rings. The monoisotopic (exact) mass is 404 g/mol. The zero-order valence-electron chi connectivity index (χ0n) is 16.9. The first-order chi connectivity index (χ1) is 14.5. The zero-order valence-corrected chi connectivity index (χ0v) is 16.9. The summed E-state index contributed by atoms with van der Waals surface area (Å²) in [6.07, 6.45) is -0.0739. The van der Waals surface area contributed by atoms with Gasteiger partial charge in [-0.05, 0) is 49.2 Å². The van der Waals surface area contributed by atoms with E-state index < -0.39 is 11.8 Å². The van der Waals surface area contributed by atoms with E-state index >= 15 is 0 Å². The van der Waals surface area contributed by atoms with Crippen LogP contribution >= 0.6 is 0 Å². The van der Waals surface area contributed by atoms with E-state index in [1.165, 1.54) is 0 Å². The Labute approximate surface area is 175 Å². The Kier molecular flexibility index (Phi) is 7.05. The van der Waals surface area contributed by atoms with Gasteiger partial charge in [0.15, 0.2) is 6.61 Å². The van der Waals surface area contributed by atoms with Gasteiger partial charge >= 0.3 is 0 Å². The first-order valence-electron chi connectivity index (χ1n) is 9.66. The number of carbonyl (C=O) groups is 2. The molecule has 0 aromatic heterocycles. The molecule has 3 aromatic carbocycles. The van der Waals surface area contributed by atoms with Crippen molar-refractivity contribution in [3.63, 3.8) is 0 Å². The Morgan fingerprint density at radius 1 is 0.800 bits per heavy atom. The fourth-order valence-electron chi connectivity index (χ4n) is 2.76. The van der Waals surface area contributed by atoms with Crippen LogP contribution in [0.2, 0.25) is 0 Å². The van der Waals surface area contributed by atoms with Crippen LogP contribution in [-0.4, -0.2) is 24.5 Å². The van der Waals surface area contributed by atoms with Gasteiger partial charge in [0.2, 0.25) is 0 Å². The largest absolute Gasteiger partial charge is 0.490 e. The summed E-state index contributed by atoms with van der Waals surface area (Å²) in [7, 11) is 0. The van der Waals surface area contributed by atoms with E-state index in [9.17, 15) is 9.59 Å². The van der Waals surface area contributed by atoms with Crippen molar-refractivity contribution in [2.45, 2.75) is 20.0 Å². The van der Waals surface area contributed by atoms with Gasteiger partial charge in [0.1, 0.15) is 11.5 Å². The van der Waals surface area contributed by atoms with Gasteiger partial charge in [-0.25, -0.2) is 0 Å². The minimum atomic E-state index is -0.474. The number of ether oxygens (including phenoxy) is 2. The fraction of sp³-hybridized carbons (Fsp3) is 0.167. The van der Waals surface area contributed by atoms with E-state index in [0.717, 1.165) is 11.1 Å². The number of hydrogen-bond acceptors (Lipinski definition) is 4. The molecular formula is C24H24N2O4. The highest BCUT2D eigenvalue weighted by atomic mass is 16.5. The number of hydrazine groups is 1. The Morgan fingerprint density at radius 3 is 2.13 bits per heavy atom. The van der Waals surface area contributed by atoms with Crippen molar-refractivity contribution in [1.29, 1.82) is 0 Å². The molecule has 0 radical (unpaired) electrons. The predicted molar refractivity (Wildman–Crippen MR) is 115 cm³/mol. The van der Waals surface area contributed by atoms with Gasteiger partial charge in [0.25, 0.3) is 11.8 Å². The summed E-state index contributed by atoms with van der Waals surface area (Å²) in [4.78, 5) is 24.4. The average molecular weight is 404 g/mol. The smallest absolute Gasteiger partial charge is 0.276 e. The topological polar surface area (TPSA) is 76.7 Å². The number of benzene rings is 3. The quantitative estimate of drug-likeness (QED) is 0.584. The van der Waals surface area contributed by atoms with Crippen molar-refractivity contribution >= 4 is 11.8 Å². The van der Waals surface area contributed by atoms with E-state index in [1.807, 2.05) is 56.3 Å². The molecule has 0 saturated carbocycles. The third-order valence-electron chi connectivity index (χ3n) is 4.14. The summed E-state index contributed by atoms with van der Waals surface area (Å²) in [5, 5.41) is 0. The second kappa shape index (κ2) is 10.1. The second-order valence-electron chi connectivity index (χ2n) is 6.84. The maximum absolute atomic E-state index is 12.4. The molecule has 154 valence electrons. The average Bonchev–Trinajstić information content (AvgIpc) is 2.77. The summed E-state index contributed by atoms with van der Waals surface area (Å²) in [5.74, 6) is 0.0744. The Bertz CT molecular complexity index is 986. The van der Waals surface area contributed by atoms with Crippen LogP contribution in [-0.2, 0) is 4.79 Å². The molecule has 0 saturated heterocycles. The van der Waals surface area contributed by atoms with Crippen LogP contribution in [0.25, 0.3) is 11.1 Å². The maximum Gasteiger partial charge on any atom is 0.276 e. The molecule has 6 heteroatoms. The van der Waals surface area contributed by atoms with E-state index in [0.29, 0.717) is 17.1 Å². The normalized spacial score (nSPS) is 10.4. The van der Waals surface area contributed by atoms with Crippen molar-refractivity contribution in [2.24, 2.45) is 0 Å². The van der Waals surface area contributed by atoms with Crippen LogP contribution in [0.5, 0.6) is 11.5 Å². The van der Waals surface area contributed by atoms with Gasteiger partial charge in [-0.1, -0.05) is 54.6 Å². The number of para-hydroxylation sites is 1. The molecule has 30 heavy (non-hydrogen) atoms. The third kappa shape index (κ3) is 5.85. The highest BCUT2D eigenvalue weighted by molar-refractivity contribution is 5.97. The Hall–Kier alpha value is -3.80. The van der Waals surface area contributed by atoms with Crippen molar-refractivity contribution in [1.82, 2.24) is 10.9 Å². The van der Waals surface area contributed by atoms with Crippen LogP contribution in [0, 0.1) is 0 Å². The van der Waals surface area contributed by atoms with Gasteiger partial charge in [0.05, 0.1) is 11.7 Å². The van der Waals surface area contributed by atoms with Crippen LogP contribution in [0.3, 0.4) is 0 Å². The van der Waals surface area contributed by atoms with Crippen molar-refractivity contribution in [3.8, 4) is 22.6 Å².